The Labute approximate surface area is 126 Å². The fourth-order valence-corrected chi connectivity index (χ4v) is 3.43. The topological polar surface area (TPSA) is 43.0 Å². The zero-order valence-electron chi connectivity index (χ0n) is 13.6. The molecular weight excluding hydrogens is 262 g/mol. The number of aryl methyl sites for hydroxylation is 1. The number of aliphatic hydroxyl groups is 1. The Balaban J connectivity index is 2.11. The van der Waals surface area contributed by atoms with Crippen LogP contribution < -0.4 is 0 Å². The van der Waals surface area contributed by atoms with E-state index in [1.54, 1.807) is 0 Å². The van der Waals surface area contributed by atoms with Gasteiger partial charge in [0.05, 0.1) is 18.0 Å². The molecule has 1 atom stereocenters. The van der Waals surface area contributed by atoms with Gasteiger partial charge in [-0.1, -0.05) is 13.8 Å². The molecule has 1 unspecified atom stereocenters. The quantitative estimate of drug-likeness (QED) is 0.917. The predicted octanol–water partition coefficient (Wildman–Crippen LogP) is 3.57. The second kappa shape index (κ2) is 4.73. The Bertz CT molecular complexity index is 664. The van der Waals surface area contributed by atoms with E-state index in [-0.39, 0.29) is 11.5 Å². The van der Waals surface area contributed by atoms with Gasteiger partial charge in [0.1, 0.15) is 0 Å². The Morgan fingerprint density at radius 1 is 1.38 bits per heavy atom. The van der Waals surface area contributed by atoms with Crippen LogP contribution in [0.2, 0.25) is 0 Å². The number of rotatable bonds is 2. The second-order valence-electron chi connectivity index (χ2n) is 7.36. The van der Waals surface area contributed by atoms with E-state index in [0.29, 0.717) is 6.04 Å². The average molecular weight is 287 g/mol. The minimum atomic E-state index is -0.358. The van der Waals surface area contributed by atoms with Gasteiger partial charge in [0, 0.05) is 29.2 Å². The van der Waals surface area contributed by atoms with Gasteiger partial charge in [-0.3, -0.25) is 4.68 Å². The summed E-state index contributed by atoms with van der Waals surface area (Å²) in [5, 5.41) is 14.9. The second-order valence-corrected chi connectivity index (χ2v) is 7.36. The fourth-order valence-electron chi connectivity index (χ4n) is 3.43. The van der Waals surface area contributed by atoms with Crippen LogP contribution >= 0.6 is 0 Å². The van der Waals surface area contributed by atoms with Gasteiger partial charge in [0.2, 0.25) is 0 Å². The molecule has 4 heteroatoms. The Hall–Kier alpha value is -1.55. The lowest BCUT2D eigenvalue weighted by molar-refractivity contribution is 0.0987. The SMILES string of the molecule is Cc1cc2c(n1-c1cnn(C(C)C)c1)CC(C)(C)CC2O. The monoisotopic (exact) mass is 287 g/mol. The molecule has 3 rings (SSSR count). The van der Waals surface area contributed by atoms with Crippen molar-refractivity contribution in [3.05, 3.63) is 35.4 Å². The third-order valence-corrected chi connectivity index (χ3v) is 4.45. The van der Waals surface area contributed by atoms with E-state index < -0.39 is 0 Å². The van der Waals surface area contributed by atoms with Crippen LogP contribution in [0.5, 0.6) is 0 Å². The number of fused-ring (bicyclic) bond motifs is 1. The molecule has 0 radical (unpaired) electrons. The lowest BCUT2D eigenvalue weighted by Gasteiger charge is -2.33. The number of nitrogens with zero attached hydrogens (tertiary/aromatic N) is 3. The maximum absolute atomic E-state index is 10.4. The third-order valence-electron chi connectivity index (χ3n) is 4.45. The molecule has 0 aliphatic heterocycles. The highest BCUT2D eigenvalue weighted by Gasteiger charge is 2.34. The van der Waals surface area contributed by atoms with Gasteiger partial charge in [-0.25, -0.2) is 0 Å². The van der Waals surface area contributed by atoms with Crippen molar-refractivity contribution < 1.29 is 5.11 Å². The minimum absolute atomic E-state index is 0.128. The van der Waals surface area contributed by atoms with Crippen molar-refractivity contribution in [2.24, 2.45) is 5.41 Å². The highest BCUT2D eigenvalue weighted by atomic mass is 16.3. The van der Waals surface area contributed by atoms with E-state index in [4.69, 9.17) is 0 Å². The predicted molar refractivity (Wildman–Crippen MR) is 83.7 cm³/mol. The first kappa shape index (κ1) is 14.4. The summed E-state index contributed by atoms with van der Waals surface area (Å²) in [5.41, 5.74) is 4.71. The van der Waals surface area contributed by atoms with Crippen molar-refractivity contribution in [1.82, 2.24) is 14.3 Å². The molecule has 1 aliphatic carbocycles. The molecule has 4 nitrogen and oxygen atoms in total. The molecule has 0 saturated carbocycles. The average Bonchev–Trinajstić information content (AvgIpc) is 2.92. The van der Waals surface area contributed by atoms with Crippen LogP contribution in [0.1, 0.15) is 63.2 Å². The van der Waals surface area contributed by atoms with Gasteiger partial charge in [-0.05, 0) is 45.1 Å². The zero-order chi connectivity index (χ0) is 15.4. The molecule has 0 fully saturated rings. The first-order chi connectivity index (χ1) is 9.78. The first-order valence-corrected chi connectivity index (χ1v) is 7.72. The minimum Gasteiger partial charge on any atom is -0.388 e. The van der Waals surface area contributed by atoms with Gasteiger partial charge in [0.15, 0.2) is 0 Å². The van der Waals surface area contributed by atoms with Crippen LogP contribution in [-0.4, -0.2) is 19.5 Å². The lowest BCUT2D eigenvalue weighted by atomic mass is 9.75. The van der Waals surface area contributed by atoms with Crippen LogP contribution in [0.3, 0.4) is 0 Å². The molecule has 2 heterocycles. The van der Waals surface area contributed by atoms with Crippen LogP contribution in [-0.2, 0) is 6.42 Å². The number of aliphatic hydroxyl groups excluding tert-OH is 1. The Morgan fingerprint density at radius 3 is 2.71 bits per heavy atom. The molecule has 0 aromatic carbocycles. The van der Waals surface area contributed by atoms with Gasteiger partial charge in [-0.15, -0.1) is 0 Å². The van der Waals surface area contributed by atoms with E-state index in [1.807, 2.05) is 10.9 Å². The fraction of sp³-hybridized carbons (Fsp3) is 0.588. The zero-order valence-corrected chi connectivity index (χ0v) is 13.6. The number of hydrogen-bond acceptors (Lipinski definition) is 2. The van der Waals surface area contributed by atoms with Gasteiger partial charge >= 0.3 is 0 Å². The highest BCUT2D eigenvalue weighted by Crippen LogP contribution is 2.42. The highest BCUT2D eigenvalue weighted by molar-refractivity contribution is 5.42. The van der Waals surface area contributed by atoms with Crippen molar-refractivity contribution in [1.29, 1.82) is 0 Å². The van der Waals surface area contributed by atoms with E-state index >= 15 is 0 Å². The summed E-state index contributed by atoms with van der Waals surface area (Å²) in [6.07, 6.45) is 5.46. The largest absolute Gasteiger partial charge is 0.388 e. The Kier molecular flexibility index (Phi) is 3.24. The maximum Gasteiger partial charge on any atom is 0.0837 e. The molecule has 0 saturated heterocycles. The molecule has 1 aliphatic rings. The van der Waals surface area contributed by atoms with Crippen molar-refractivity contribution in [2.75, 3.05) is 0 Å². The summed E-state index contributed by atoms with van der Waals surface area (Å²) in [5.74, 6) is 0. The smallest absolute Gasteiger partial charge is 0.0837 e. The number of hydrogen-bond donors (Lipinski definition) is 1. The number of aromatic nitrogens is 3. The van der Waals surface area contributed by atoms with E-state index in [0.717, 1.165) is 24.1 Å². The Morgan fingerprint density at radius 2 is 2.10 bits per heavy atom. The van der Waals surface area contributed by atoms with E-state index in [9.17, 15) is 5.11 Å². The molecule has 0 bridgehead atoms. The normalized spacial score (nSPS) is 20.8. The summed E-state index contributed by atoms with van der Waals surface area (Å²) < 4.78 is 4.23. The van der Waals surface area contributed by atoms with E-state index in [2.05, 4.69) is 56.5 Å². The van der Waals surface area contributed by atoms with Gasteiger partial charge in [0.25, 0.3) is 0 Å². The summed E-state index contributed by atoms with van der Waals surface area (Å²) >= 11 is 0. The molecule has 2 aromatic rings. The summed E-state index contributed by atoms with van der Waals surface area (Å²) in [4.78, 5) is 0. The maximum atomic E-state index is 10.4. The van der Waals surface area contributed by atoms with Crippen LogP contribution in [0.15, 0.2) is 18.5 Å². The van der Waals surface area contributed by atoms with Crippen molar-refractivity contribution in [3.63, 3.8) is 0 Å². The molecule has 114 valence electrons. The molecule has 0 spiro atoms. The summed E-state index contributed by atoms with van der Waals surface area (Å²) in [6, 6.07) is 2.48. The van der Waals surface area contributed by atoms with Crippen LogP contribution in [0, 0.1) is 12.3 Å². The van der Waals surface area contributed by atoms with Gasteiger partial charge < -0.3 is 9.67 Å². The molecule has 21 heavy (non-hydrogen) atoms. The van der Waals surface area contributed by atoms with Crippen LogP contribution in [0.4, 0.5) is 0 Å². The summed E-state index contributed by atoms with van der Waals surface area (Å²) in [6.45, 7) is 10.8. The molecule has 2 aromatic heterocycles. The standard InChI is InChI=1S/C17H25N3O/c1-11(2)19-10-13(9-18-19)20-12(3)6-14-15(20)7-17(4,5)8-16(14)21/h6,9-11,16,21H,7-8H2,1-5H3. The van der Waals surface area contributed by atoms with E-state index in [1.165, 1.54) is 11.4 Å². The first-order valence-electron chi connectivity index (χ1n) is 7.72. The van der Waals surface area contributed by atoms with Crippen molar-refractivity contribution >= 4 is 0 Å². The van der Waals surface area contributed by atoms with Crippen LogP contribution in [0.25, 0.3) is 5.69 Å². The van der Waals surface area contributed by atoms with Gasteiger partial charge in [-0.2, -0.15) is 5.10 Å². The lowest BCUT2D eigenvalue weighted by Crippen LogP contribution is -2.26. The molecule has 1 N–H and O–H groups in total. The third kappa shape index (κ3) is 2.42. The molecule has 0 amide bonds. The molecular formula is C17H25N3O. The van der Waals surface area contributed by atoms with Crippen molar-refractivity contribution in [2.45, 2.75) is 59.6 Å². The van der Waals surface area contributed by atoms with Crippen molar-refractivity contribution in [3.8, 4) is 5.69 Å². The summed E-state index contributed by atoms with van der Waals surface area (Å²) in [7, 11) is 0.